The van der Waals surface area contributed by atoms with Crippen LogP contribution in [0.3, 0.4) is 0 Å². The molecular formula is C11H13N. The molecule has 1 heterocycles. The quantitative estimate of drug-likeness (QED) is 0.613. The molecule has 2 rings (SSSR count). The molecule has 0 radical (unpaired) electrons. The van der Waals surface area contributed by atoms with E-state index in [1.54, 1.807) is 0 Å². The SMILES string of the molecule is Cc1ccc2c(c1)NC(C)C=C2. The van der Waals surface area contributed by atoms with Gasteiger partial charge in [-0.2, -0.15) is 0 Å². The van der Waals surface area contributed by atoms with Gasteiger partial charge < -0.3 is 5.32 Å². The van der Waals surface area contributed by atoms with E-state index < -0.39 is 0 Å². The molecule has 0 aromatic heterocycles. The monoisotopic (exact) mass is 159 g/mol. The maximum absolute atomic E-state index is 3.41. The zero-order chi connectivity index (χ0) is 8.55. The summed E-state index contributed by atoms with van der Waals surface area (Å²) in [7, 11) is 0. The number of fused-ring (bicyclic) bond motifs is 1. The summed E-state index contributed by atoms with van der Waals surface area (Å²) in [4.78, 5) is 0. The molecule has 1 unspecified atom stereocenters. The Morgan fingerprint density at radius 1 is 1.33 bits per heavy atom. The molecular weight excluding hydrogens is 146 g/mol. The Hall–Kier alpha value is -1.24. The van der Waals surface area contributed by atoms with Gasteiger partial charge in [-0.1, -0.05) is 24.3 Å². The molecule has 0 saturated carbocycles. The van der Waals surface area contributed by atoms with Gasteiger partial charge >= 0.3 is 0 Å². The molecule has 0 fully saturated rings. The van der Waals surface area contributed by atoms with Crippen molar-refractivity contribution in [3.8, 4) is 0 Å². The highest BCUT2D eigenvalue weighted by Gasteiger charge is 2.07. The first-order valence-electron chi connectivity index (χ1n) is 4.31. The van der Waals surface area contributed by atoms with Crippen LogP contribution in [0.2, 0.25) is 0 Å². The van der Waals surface area contributed by atoms with Gasteiger partial charge in [0.1, 0.15) is 0 Å². The third kappa shape index (κ3) is 1.22. The van der Waals surface area contributed by atoms with Gasteiger partial charge in [-0.15, -0.1) is 0 Å². The first kappa shape index (κ1) is 7.41. The molecule has 1 aromatic rings. The molecule has 0 spiro atoms. The van der Waals surface area contributed by atoms with Crippen LogP contribution in [-0.4, -0.2) is 6.04 Å². The fraction of sp³-hybridized carbons (Fsp3) is 0.273. The van der Waals surface area contributed by atoms with Crippen LogP contribution < -0.4 is 5.32 Å². The number of hydrogen-bond acceptors (Lipinski definition) is 1. The zero-order valence-corrected chi connectivity index (χ0v) is 7.46. The standard InChI is InChI=1S/C11H13N/c1-8-3-5-10-6-4-9(2)12-11(10)7-8/h3-7,9,12H,1-2H3. The van der Waals surface area contributed by atoms with E-state index in [-0.39, 0.29) is 0 Å². The van der Waals surface area contributed by atoms with Crippen LogP contribution in [0.4, 0.5) is 5.69 Å². The summed E-state index contributed by atoms with van der Waals surface area (Å²) in [5, 5.41) is 3.41. The fourth-order valence-corrected chi connectivity index (χ4v) is 1.48. The second-order valence-corrected chi connectivity index (χ2v) is 3.38. The summed E-state index contributed by atoms with van der Waals surface area (Å²) in [6.07, 6.45) is 4.35. The van der Waals surface area contributed by atoms with Crippen molar-refractivity contribution >= 4 is 11.8 Å². The highest BCUT2D eigenvalue weighted by Crippen LogP contribution is 2.23. The van der Waals surface area contributed by atoms with Crippen LogP contribution in [0.5, 0.6) is 0 Å². The second-order valence-electron chi connectivity index (χ2n) is 3.38. The summed E-state index contributed by atoms with van der Waals surface area (Å²) < 4.78 is 0. The third-order valence-corrected chi connectivity index (χ3v) is 2.16. The molecule has 0 bridgehead atoms. The molecule has 1 aliphatic heterocycles. The van der Waals surface area contributed by atoms with Gasteiger partial charge in [0.25, 0.3) is 0 Å². The smallest absolute Gasteiger partial charge is 0.0420 e. The van der Waals surface area contributed by atoms with Gasteiger partial charge in [-0.25, -0.2) is 0 Å². The predicted octanol–water partition coefficient (Wildman–Crippen LogP) is 2.82. The van der Waals surface area contributed by atoms with Gasteiger partial charge in [0.15, 0.2) is 0 Å². The highest BCUT2D eigenvalue weighted by atomic mass is 14.9. The van der Waals surface area contributed by atoms with Crippen molar-refractivity contribution in [3.63, 3.8) is 0 Å². The topological polar surface area (TPSA) is 12.0 Å². The second kappa shape index (κ2) is 2.67. The van der Waals surface area contributed by atoms with E-state index in [0.717, 1.165) is 0 Å². The van der Waals surface area contributed by atoms with Crippen LogP contribution in [0.1, 0.15) is 18.1 Å². The maximum Gasteiger partial charge on any atom is 0.0420 e. The fourth-order valence-electron chi connectivity index (χ4n) is 1.48. The number of rotatable bonds is 0. The lowest BCUT2D eigenvalue weighted by molar-refractivity contribution is 0.991. The highest BCUT2D eigenvalue weighted by molar-refractivity contribution is 5.71. The largest absolute Gasteiger partial charge is 0.379 e. The van der Waals surface area contributed by atoms with E-state index in [9.17, 15) is 0 Å². The van der Waals surface area contributed by atoms with Crippen molar-refractivity contribution in [3.05, 3.63) is 35.4 Å². The van der Waals surface area contributed by atoms with Crippen molar-refractivity contribution in [2.24, 2.45) is 0 Å². The maximum atomic E-state index is 3.41. The Bertz CT molecular complexity index is 326. The van der Waals surface area contributed by atoms with Crippen molar-refractivity contribution in [1.82, 2.24) is 0 Å². The summed E-state index contributed by atoms with van der Waals surface area (Å²) in [6, 6.07) is 6.94. The summed E-state index contributed by atoms with van der Waals surface area (Å²) in [6.45, 7) is 4.27. The lowest BCUT2D eigenvalue weighted by atomic mass is 10.0. The molecule has 1 aromatic carbocycles. The van der Waals surface area contributed by atoms with Gasteiger partial charge in [0.2, 0.25) is 0 Å². The Morgan fingerprint density at radius 3 is 3.00 bits per heavy atom. The van der Waals surface area contributed by atoms with Gasteiger partial charge in [-0.3, -0.25) is 0 Å². The van der Waals surface area contributed by atoms with Gasteiger partial charge in [-0.05, 0) is 31.0 Å². The lowest BCUT2D eigenvalue weighted by Crippen LogP contribution is -2.15. The lowest BCUT2D eigenvalue weighted by Gasteiger charge is -2.19. The van der Waals surface area contributed by atoms with E-state index >= 15 is 0 Å². The van der Waals surface area contributed by atoms with Crippen molar-refractivity contribution in [2.75, 3.05) is 5.32 Å². The minimum Gasteiger partial charge on any atom is -0.379 e. The van der Waals surface area contributed by atoms with Crippen molar-refractivity contribution < 1.29 is 0 Å². The van der Waals surface area contributed by atoms with E-state index in [1.165, 1.54) is 16.8 Å². The number of nitrogens with one attached hydrogen (secondary N) is 1. The Morgan fingerprint density at radius 2 is 2.17 bits per heavy atom. The van der Waals surface area contributed by atoms with Crippen LogP contribution in [-0.2, 0) is 0 Å². The number of hydrogen-bond donors (Lipinski definition) is 1. The molecule has 1 N–H and O–H groups in total. The average Bonchev–Trinajstić information content (AvgIpc) is 2.03. The van der Waals surface area contributed by atoms with E-state index in [2.05, 4.69) is 49.5 Å². The molecule has 1 heteroatoms. The number of aryl methyl sites for hydroxylation is 1. The molecule has 0 aliphatic carbocycles. The molecule has 1 nitrogen and oxygen atoms in total. The molecule has 0 saturated heterocycles. The number of benzene rings is 1. The third-order valence-electron chi connectivity index (χ3n) is 2.16. The molecule has 1 atom stereocenters. The summed E-state index contributed by atoms with van der Waals surface area (Å²) in [5.41, 5.74) is 3.85. The van der Waals surface area contributed by atoms with E-state index in [4.69, 9.17) is 0 Å². The first-order chi connectivity index (χ1) is 5.75. The first-order valence-corrected chi connectivity index (χ1v) is 4.31. The van der Waals surface area contributed by atoms with Gasteiger partial charge in [0, 0.05) is 11.7 Å². The average molecular weight is 159 g/mol. The molecule has 12 heavy (non-hydrogen) atoms. The Kier molecular flexibility index (Phi) is 1.65. The van der Waals surface area contributed by atoms with Crippen molar-refractivity contribution in [1.29, 1.82) is 0 Å². The van der Waals surface area contributed by atoms with Crippen LogP contribution in [0.25, 0.3) is 6.08 Å². The van der Waals surface area contributed by atoms with Crippen LogP contribution in [0.15, 0.2) is 24.3 Å². The summed E-state index contributed by atoms with van der Waals surface area (Å²) in [5.74, 6) is 0. The van der Waals surface area contributed by atoms with E-state index in [1.807, 2.05) is 0 Å². The minimum atomic E-state index is 0.458. The molecule has 1 aliphatic rings. The van der Waals surface area contributed by atoms with Crippen LogP contribution in [0, 0.1) is 6.92 Å². The molecule has 0 amide bonds. The molecule has 62 valence electrons. The Balaban J connectivity index is 2.47. The minimum absolute atomic E-state index is 0.458. The predicted molar refractivity (Wildman–Crippen MR) is 53.3 cm³/mol. The van der Waals surface area contributed by atoms with Crippen molar-refractivity contribution in [2.45, 2.75) is 19.9 Å². The number of anilines is 1. The zero-order valence-electron chi connectivity index (χ0n) is 7.46. The van der Waals surface area contributed by atoms with E-state index in [0.29, 0.717) is 6.04 Å². The van der Waals surface area contributed by atoms with Crippen LogP contribution >= 0.6 is 0 Å². The van der Waals surface area contributed by atoms with Gasteiger partial charge in [0.05, 0.1) is 0 Å². The Labute approximate surface area is 73.1 Å². The normalized spacial score (nSPS) is 20.0. The summed E-state index contributed by atoms with van der Waals surface area (Å²) >= 11 is 0.